The quantitative estimate of drug-likeness (QED) is 0.803. The number of aromatic carboxylic acids is 1. The van der Waals surface area contributed by atoms with Gasteiger partial charge in [-0.1, -0.05) is 12.1 Å². The number of hydrogen-bond acceptors (Lipinski definition) is 4. The highest BCUT2D eigenvalue weighted by Gasteiger charge is 2.19. The maximum absolute atomic E-state index is 10.9. The zero-order valence-electron chi connectivity index (χ0n) is 8.95. The summed E-state index contributed by atoms with van der Waals surface area (Å²) in [4.78, 5) is 10.9. The van der Waals surface area contributed by atoms with Gasteiger partial charge in [-0.3, -0.25) is 4.68 Å². The number of nitrogens with zero attached hydrogens (tertiary/aromatic N) is 5. The Labute approximate surface area is 91.3 Å². The minimum atomic E-state index is -1.07. The van der Waals surface area contributed by atoms with Crippen molar-refractivity contribution >= 4 is 5.97 Å². The van der Waals surface area contributed by atoms with E-state index in [0.29, 0.717) is 17.9 Å². The van der Waals surface area contributed by atoms with Gasteiger partial charge in [-0.25, -0.2) is 4.79 Å². The summed E-state index contributed by atoms with van der Waals surface area (Å²) in [6.07, 6.45) is 2.29. The molecule has 2 heterocycles. The van der Waals surface area contributed by atoms with Crippen LogP contribution in [0, 0.1) is 0 Å². The molecule has 0 aromatic carbocycles. The second-order valence-corrected chi connectivity index (χ2v) is 3.30. The van der Waals surface area contributed by atoms with Crippen LogP contribution in [0.15, 0.2) is 12.3 Å². The van der Waals surface area contributed by atoms with Crippen molar-refractivity contribution in [1.29, 1.82) is 0 Å². The van der Waals surface area contributed by atoms with E-state index in [0.717, 1.165) is 0 Å². The molecule has 0 radical (unpaired) electrons. The van der Waals surface area contributed by atoms with E-state index in [1.54, 1.807) is 24.0 Å². The van der Waals surface area contributed by atoms with Gasteiger partial charge in [0.15, 0.2) is 11.5 Å². The SMILES string of the molecule is CCc1c(C(=O)O)nnn1-c1ccn(C)n1. The predicted molar refractivity (Wildman–Crippen MR) is 54.5 cm³/mol. The highest BCUT2D eigenvalue weighted by Crippen LogP contribution is 2.11. The summed E-state index contributed by atoms with van der Waals surface area (Å²) in [5.74, 6) is -0.501. The molecule has 0 amide bonds. The van der Waals surface area contributed by atoms with E-state index >= 15 is 0 Å². The smallest absolute Gasteiger partial charge is 0.358 e. The van der Waals surface area contributed by atoms with Crippen molar-refractivity contribution in [1.82, 2.24) is 24.8 Å². The van der Waals surface area contributed by atoms with Gasteiger partial charge in [0.25, 0.3) is 0 Å². The lowest BCUT2D eigenvalue weighted by Crippen LogP contribution is -2.06. The Balaban J connectivity index is 2.53. The molecule has 0 aliphatic heterocycles. The summed E-state index contributed by atoms with van der Waals surface area (Å²) in [5, 5.41) is 20.5. The van der Waals surface area contributed by atoms with Crippen LogP contribution in [0.4, 0.5) is 0 Å². The molecule has 2 aromatic heterocycles. The molecule has 7 heteroatoms. The molecule has 1 N–H and O–H groups in total. The molecule has 0 fully saturated rings. The standard InChI is InChI=1S/C9H11N5O2/c1-3-6-8(9(15)16)10-12-14(6)7-4-5-13(2)11-7/h4-5H,3H2,1-2H3,(H,15,16). The summed E-state index contributed by atoms with van der Waals surface area (Å²) in [6, 6.07) is 1.75. The molecule has 0 atom stereocenters. The molecule has 0 bridgehead atoms. The molecule has 84 valence electrons. The van der Waals surface area contributed by atoms with Gasteiger partial charge in [0, 0.05) is 19.3 Å². The number of aromatic nitrogens is 5. The molecule has 7 nitrogen and oxygen atoms in total. The third-order valence-electron chi connectivity index (χ3n) is 2.22. The first-order chi connectivity index (χ1) is 7.63. The minimum absolute atomic E-state index is 0.0202. The second kappa shape index (κ2) is 3.76. The molecule has 2 rings (SSSR count). The largest absolute Gasteiger partial charge is 0.476 e. The Kier molecular flexibility index (Phi) is 2.43. The lowest BCUT2D eigenvalue weighted by Gasteiger charge is -2.00. The molecular weight excluding hydrogens is 210 g/mol. The highest BCUT2D eigenvalue weighted by molar-refractivity contribution is 5.86. The molecule has 0 saturated carbocycles. The maximum Gasteiger partial charge on any atom is 0.358 e. The van der Waals surface area contributed by atoms with Crippen LogP contribution >= 0.6 is 0 Å². The van der Waals surface area contributed by atoms with Crippen molar-refractivity contribution in [2.75, 3.05) is 0 Å². The number of rotatable bonds is 3. The average molecular weight is 221 g/mol. The van der Waals surface area contributed by atoms with Gasteiger partial charge in [-0.05, 0) is 6.42 Å². The van der Waals surface area contributed by atoms with Crippen LogP contribution in [-0.2, 0) is 13.5 Å². The summed E-state index contributed by atoms with van der Waals surface area (Å²) in [7, 11) is 1.78. The summed E-state index contributed by atoms with van der Waals surface area (Å²) in [5.41, 5.74) is 0.527. The Morgan fingerprint density at radius 3 is 2.81 bits per heavy atom. The van der Waals surface area contributed by atoms with E-state index in [4.69, 9.17) is 5.11 Å². The number of carbonyl (C=O) groups is 1. The van der Waals surface area contributed by atoms with Crippen LogP contribution in [0.2, 0.25) is 0 Å². The summed E-state index contributed by atoms with van der Waals surface area (Å²) in [6.45, 7) is 1.85. The van der Waals surface area contributed by atoms with E-state index in [1.807, 2.05) is 6.92 Å². The molecule has 0 unspecified atom stereocenters. The van der Waals surface area contributed by atoms with Crippen molar-refractivity contribution in [2.24, 2.45) is 7.05 Å². The first kappa shape index (κ1) is 10.3. The maximum atomic E-state index is 10.9. The third-order valence-corrected chi connectivity index (χ3v) is 2.22. The van der Waals surface area contributed by atoms with Crippen molar-refractivity contribution < 1.29 is 9.90 Å². The minimum Gasteiger partial charge on any atom is -0.476 e. The second-order valence-electron chi connectivity index (χ2n) is 3.30. The van der Waals surface area contributed by atoms with Gasteiger partial charge in [0.05, 0.1) is 5.69 Å². The van der Waals surface area contributed by atoms with E-state index in [1.165, 1.54) is 4.68 Å². The van der Waals surface area contributed by atoms with E-state index < -0.39 is 5.97 Å². The Morgan fingerprint density at radius 2 is 2.31 bits per heavy atom. The van der Waals surface area contributed by atoms with Crippen LogP contribution in [0.3, 0.4) is 0 Å². The lowest BCUT2D eigenvalue weighted by atomic mass is 10.2. The lowest BCUT2D eigenvalue weighted by molar-refractivity contribution is 0.0689. The third kappa shape index (κ3) is 1.56. The van der Waals surface area contributed by atoms with Gasteiger partial charge < -0.3 is 5.11 Å². The molecular formula is C9H11N5O2. The first-order valence-electron chi connectivity index (χ1n) is 4.81. The van der Waals surface area contributed by atoms with Crippen molar-refractivity contribution in [2.45, 2.75) is 13.3 Å². The van der Waals surface area contributed by atoms with Crippen molar-refractivity contribution in [3.63, 3.8) is 0 Å². The van der Waals surface area contributed by atoms with Crippen LogP contribution in [-0.4, -0.2) is 35.9 Å². The van der Waals surface area contributed by atoms with Crippen molar-refractivity contribution in [3.8, 4) is 5.82 Å². The van der Waals surface area contributed by atoms with E-state index in [2.05, 4.69) is 15.4 Å². The molecule has 0 saturated heterocycles. The molecule has 0 aliphatic rings. The summed E-state index contributed by atoms with van der Waals surface area (Å²) >= 11 is 0. The fraction of sp³-hybridized carbons (Fsp3) is 0.333. The zero-order chi connectivity index (χ0) is 11.7. The number of carboxylic acids is 1. The van der Waals surface area contributed by atoms with Crippen LogP contribution in [0.5, 0.6) is 0 Å². The molecule has 2 aromatic rings. The fourth-order valence-corrected chi connectivity index (χ4v) is 1.48. The highest BCUT2D eigenvalue weighted by atomic mass is 16.4. The predicted octanol–water partition coefficient (Wildman–Crippen LogP) is 0.261. The Morgan fingerprint density at radius 1 is 1.56 bits per heavy atom. The summed E-state index contributed by atoms with van der Waals surface area (Å²) < 4.78 is 3.07. The van der Waals surface area contributed by atoms with Crippen molar-refractivity contribution in [3.05, 3.63) is 23.7 Å². The van der Waals surface area contributed by atoms with Gasteiger partial charge in [0.1, 0.15) is 0 Å². The number of carboxylic acid groups (broad SMARTS) is 1. The topological polar surface area (TPSA) is 85.8 Å². The average Bonchev–Trinajstić information content (AvgIpc) is 2.82. The van der Waals surface area contributed by atoms with Gasteiger partial charge >= 0.3 is 5.97 Å². The van der Waals surface area contributed by atoms with E-state index in [-0.39, 0.29) is 5.69 Å². The number of hydrogen-bond donors (Lipinski definition) is 1. The normalized spacial score (nSPS) is 10.6. The first-order valence-corrected chi connectivity index (χ1v) is 4.81. The van der Waals surface area contributed by atoms with Gasteiger partial charge in [0.2, 0.25) is 0 Å². The van der Waals surface area contributed by atoms with Gasteiger partial charge in [-0.15, -0.1) is 5.10 Å². The molecule has 0 spiro atoms. The van der Waals surface area contributed by atoms with Crippen LogP contribution < -0.4 is 0 Å². The van der Waals surface area contributed by atoms with Gasteiger partial charge in [-0.2, -0.15) is 9.78 Å². The fourth-order valence-electron chi connectivity index (χ4n) is 1.48. The zero-order valence-corrected chi connectivity index (χ0v) is 8.95. The number of aryl methyl sites for hydroxylation is 1. The monoisotopic (exact) mass is 221 g/mol. The molecule has 0 aliphatic carbocycles. The van der Waals surface area contributed by atoms with E-state index in [9.17, 15) is 4.79 Å². The molecule has 16 heavy (non-hydrogen) atoms. The van der Waals surface area contributed by atoms with Crippen LogP contribution in [0.1, 0.15) is 23.1 Å². The van der Waals surface area contributed by atoms with Crippen LogP contribution in [0.25, 0.3) is 5.82 Å². The Bertz CT molecular complexity index is 528. The Hall–Kier alpha value is -2.18.